The average molecular weight is 444 g/mol. The van der Waals surface area contributed by atoms with E-state index in [1.54, 1.807) is 26.2 Å². The first-order chi connectivity index (χ1) is 15.2. The lowest BCUT2D eigenvalue weighted by Gasteiger charge is -2.10. The number of aromatic hydroxyl groups is 1. The number of nitrogens with zero attached hydrogens (tertiary/aromatic N) is 3. The molecule has 0 aliphatic carbocycles. The SMILES string of the molecule is CNc1ccc2nccc(Cn3c(C)c(O)n(-c4ccc(OC(F)(F)F)cc4)c3=O)c2c1. The Morgan fingerprint density at radius 3 is 2.50 bits per heavy atom. The lowest BCUT2D eigenvalue weighted by atomic mass is 10.1. The molecule has 0 aliphatic heterocycles. The third kappa shape index (κ3) is 3.98. The molecule has 0 spiro atoms. The first-order valence-corrected chi connectivity index (χ1v) is 9.60. The van der Waals surface area contributed by atoms with E-state index in [4.69, 9.17) is 0 Å². The number of hydrogen-bond acceptors (Lipinski definition) is 5. The summed E-state index contributed by atoms with van der Waals surface area (Å²) in [5.41, 5.74) is 2.47. The fourth-order valence-electron chi connectivity index (χ4n) is 3.52. The number of rotatable bonds is 5. The van der Waals surface area contributed by atoms with E-state index < -0.39 is 17.8 Å². The molecule has 0 radical (unpaired) electrons. The van der Waals surface area contributed by atoms with Gasteiger partial charge in [-0.3, -0.25) is 9.55 Å². The minimum Gasteiger partial charge on any atom is -0.493 e. The molecule has 32 heavy (non-hydrogen) atoms. The Balaban J connectivity index is 1.74. The number of aromatic nitrogens is 3. The van der Waals surface area contributed by atoms with E-state index in [9.17, 15) is 23.1 Å². The third-order valence-electron chi connectivity index (χ3n) is 5.14. The van der Waals surface area contributed by atoms with Crippen LogP contribution in [0.3, 0.4) is 0 Å². The second-order valence-electron chi connectivity index (χ2n) is 7.11. The number of alkyl halides is 3. The molecular formula is C22H19F3N4O3. The Morgan fingerprint density at radius 2 is 1.84 bits per heavy atom. The quantitative estimate of drug-likeness (QED) is 0.483. The van der Waals surface area contributed by atoms with Gasteiger partial charge in [0.1, 0.15) is 5.75 Å². The van der Waals surface area contributed by atoms with Crippen molar-refractivity contribution in [2.45, 2.75) is 19.8 Å². The molecule has 166 valence electrons. The van der Waals surface area contributed by atoms with Crippen molar-refractivity contribution >= 4 is 16.6 Å². The van der Waals surface area contributed by atoms with Crippen LogP contribution in [0.4, 0.5) is 18.9 Å². The normalized spacial score (nSPS) is 11.7. The van der Waals surface area contributed by atoms with Crippen molar-refractivity contribution in [2.75, 3.05) is 12.4 Å². The maximum absolute atomic E-state index is 13.1. The zero-order valence-electron chi connectivity index (χ0n) is 17.1. The largest absolute Gasteiger partial charge is 0.573 e. The van der Waals surface area contributed by atoms with Crippen LogP contribution in [0.25, 0.3) is 16.6 Å². The maximum atomic E-state index is 13.1. The van der Waals surface area contributed by atoms with E-state index >= 15 is 0 Å². The molecule has 2 aromatic heterocycles. The molecule has 0 unspecified atom stereocenters. The first-order valence-electron chi connectivity index (χ1n) is 9.60. The molecule has 0 saturated heterocycles. The molecule has 7 nitrogen and oxygen atoms in total. The molecule has 2 heterocycles. The van der Waals surface area contributed by atoms with Crippen LogP contribution in [-0.2, 0) is 6.54 Å². The van der Waals surface area contributed by atoms with E-state index in [0.29, 0.717) is 5.69 Å². The van der Waals surface area contributed by atoms with Crippen LogP contribution in [0.2, 0.25) is 0 Å². The summed E-state index contributed by atoms with van der Waals surface area (Å²) in [5, 5.41) is 14.5. The monoisotopic (exact) mass is 444 g/mol. The molecule has 0 saturated carbocycles. The summed E-state index contributed by atoms with van der Waals surface area (Å²) in [4.78, 5) is 17.5. The van der Waals surface area contributed by atoms with E-state index in [2.05, 4.69) is 15.0 Å². The predicted molar refractivity (Wildman–Crippen MR) is 114 cm³/mol. The molecule has 0 amide bonds. The Kier molecular flexibility index (Phi) is 5.29. The summed E-state index contributed by atoms with van der Waals surface area (Å²) < 4.78 is 43.4. The molecule has 4 rings (SSSR count). The van der Waals surface area contributed by atoms with Gasteiger partial charge in [-0.05, 0) is 61.0 Å². The predicted octanol–water partition coefficient (Wildman–Crippen LogP) is 4.19. The number of hydrogen-bond donors (Lipinski definition) is 2. The number of pyridine rings is 1. The number of imidazole rings is 1. The number of halogens is 3. The van der Waals surface area contributed by atoms with Gasteiger partial charge in [0, 0.05) is 24.3 Å². The second kappa shape index (κ2) is 7.95. The molecule has 10 heteroatoms. The van der Waals surface area contributed by atoms with Gasteiger partial charge in [0.05, 0.1) is 23.4 Å². The Labute approximate surface area is 180 Å². The summed E-state index contributed by atoms with van der Waals surface area (Å²) >= 11 is 0. The fraction of sp³-hybridized carbons (Fsp3) is 0.182. The molecule has 2 N–H and O–H groups in total. The van der Waals surface area contributed by atoms with E-state index in [-0.39, 0.29) is 18.1 Å². The van der Waals surface area contributed by atoms with Gasteiger partial charge in [-0.25, -0.2) is 9.36 Å². The Bertz CT molecular complexity index is 1340. The Hall–Kier alpha value is -3.95. The van der Waals surface area contributed by atoms with Gasteiger partial charge in [0.2, 0.25) is 5.88 Å². The first kappa shape index (κ1) is 21.3. The third-order valence-corrected chi connectivity index (χ3v) is 5.14. The van der Waals surface area contributed by atoms with Crippen LogP contribution >= 0.6 is 0 Å². The van der Waals surface area contributed by atoms with Crippen LogP contribution in [0.5, 0.6) is 11.6 Å². The van der Waals surface area contributed by atoms with Gasteiger partial charge in [-0.1, -0.05) is 0 Å². The summed E-state index contributed by atoms with van der Waals surface area (Å²) in [6, 6.07) is 12.2. The van der Waals surface area contributed by atoms with Crippen LogP contribution in [0.15, 0.2) is 59.5 Å². The van der Waals surface area contributed by atoms with Gasteiger partial charge in [-0.15, -0.1) is 13.2 Å². The summed E-state index contributed by atoms with van der Waals surface area (Å²) in [6.45, 7) is 1.77. The van der Waals surface area contributed by atoms with Crippen molar-refractivity contribution in [3.05, 3.63) is 76.5 Å². The number of nitrogens with one attached hydrogen (secondary N) is 1. The highest BCUT2D eigenvalue weighted by atomic mass is 19.4. The standard InChI is InChI=1S/C22H19F3N4O3/c1-13-20(30)29(16-4-6-17(7-5-16)32-22(23,24)25)21(31)28(13)12-14-9-10-27-19-8-3-15(26-2)11-18(14)19/h3-11,26,30H,12H2,1-2H3. The van der Waals surface area contributed by atoms with Gasteiger partial charge < -0.3 is 15.2 Å². The zero-order chi connectivity index (χ0) is 23.0. The average Bonchev–Trinajstić information content (AvgIpc) is 2.96. The van der Waals surface area contributed by atoms with Gasteiger partial charge in [-0.2, -0.15) is 0 Å². The minimum atomic E-state index is -4.82. The molecule has 2 aromatic carbocycles. The highest BCUT2D eigenvalue weighted by molar-refractivity contribution is 5.85. The van der Waals surface area contributed by atoms with Crippen molar-refractivity contribution in [1.82, 2.24) is 14.1 Å². The zero-order valence-corrected chi connectivity index (χ0v) is 17.1. The Morgan fingerprint density at radius 1 is 1.12 bits per heavy atom. The highest BCUT2D eigenvalue weighted by Crippen LogP contribution is 2.27. The smallest absolute Gasteiger partial charge is 0.493 e. The van der Waals surface area contributed by atoms with Crippen LogP contribution in [0, 0.1) is 6.92 Å². The van der Waals surface area contributed by atoms with Gasteiger partial charge in [0.15, 0.2) is 0 Å². The molecule has 0 aliphatic rings. The van der Waals surface area contributed by atoms with Gasteiger partial charge >= 0.3 is 12.1 Å². The van der Waals surface area contributed by atoms with Crippen LogP contribution < -0.4 is 15.7 Å². The van der Waals surface area contributed by atoms with Crippen molar-refractivity contribution in [2.24, 2.45) is 0 Å². The van der Waals surface area contributed by atoms with E-state index in [1.165, 1.54) is 16.7 Å². The topological polar surface area (TPSA) is 81.3 Å². The summed E-state index contributed by atoms with van der Waals surface area (Å²) in [6.07, 6.45) is -3.17. The van der Waals surface area contributed by atoms with Crippen LogP contribution in [-0.4, -0.2) is 32.6 Å². The van der Waals surface area contributed by atoms with E-state index in [1.807, 2.05) is 18.2 Å². The summed E-state index contributed by atoms with van der Waals surface area (Å²) in [7, 11) is 1.80. The molecule has 0 bridgehead atoms. The second-order valence-corrected chi connectivity index (χ2v) is 7.11. The molecule has 0 atom stereocenters. The minimum absolute atomic E-state index is 0.173. The van der Waals surface area contributed by atoms with Crippen molar-refractivity contribution < 1.29 is 23.0 Å². The van der Waals surface area contributed by atoms with Gasteiger partial charge in [0.25, 0.3) is 0 Å². The molecule has 0 fully saturated rings. The number of anilines is 1. The number of ether oxygens (including phenoxy) is 1. The van der Waals surface area contributed by atoms with Crippen molar-refractivity contribution in [3.63, 3.8) is 0 Å². The van der Waals surface area contributed by atoms with Crippen molar-refractivity contribution in [3.8, 4) is 17.3 Å². The molecular weight excluding hydrogens is 425 g/mol. The maximum Gasteiger partial charge on any atom is 0.573 e. The van der Waals surface area contributed by atoms with Crippen LogP contribution in [0.1, 0.15) is 11.3 Å². The number of fused-ring (bicyclic) bond motifs is 1. The summed E-state index contributed by atoms with van der Waals surface area (Å²) in [5.74, 6) is -0.720. The lowest BCUT2D eigenvalue weighted by Crippen LogP contribution is -2.24. The van der Waals surface area contributed by atoms with Crippen molar-refractivity contribution in [1.29, 1.82) is 0 Å². The number of benzene rings is 2. The lowest BCUT2D eigenvalue weighted by molar-refractivity contribution is -0.274. The molecule has 4 aromatic rings. The highest BCUT2D eigenvalue weighted by Gasteiger charge is 2.31. The van der Waals surface area contributed by atoms with E-state index in [0.717, 1.165) is 38.9 Å². The fourth-order valence-corrected chi connectivity index (χ4v) is 3.52.